The van der Waals surface area contributed by atoms with Gasteiger partial charge in [-0.15, -0.1) is 0 Å². The predicted octanol–water partition coefficient (Wildman–Crippen LogP) is -2.49. The van der Waals surface area contributed by atoms with Crippen LogP contribution >= 0.6 is 0 Å². The number of guanidine groups is 1. The summed E-state index contributed by atoms with van der Waals surface area (Å²) < 4.78 is 0. The highest BCUT2D eigenvalue weighted by atomic mass is 16.6. The van der Waals surface area contributed by atoms with Crippen molar-refractivity contribution < 1.29 is 14.8 Å². The van der Waals surface area contributed by atoms with Crippen LogP contribution < -0.4 is 10.6 Å². The topological polar surface area (TPSA) is 141 Å². The van der Waals surface area contributed by atoms with E-state index in [0.717, 1.165) is 0 Å². The number of nitro groups is 1. The Hall–Kier alpha value is -2.21. The first-order valence-electron chi connectivity index (χ1n) is 3.41. The number of nitrogens with zero attached hydrogens (tertiary/aromatic N) is 3. The van der Waals surface area contributed by atoms with Crippen LogP contribution in [0, 0.1) is 21.6 Å². The Balaban J connectivity index is 2.87. The molecule has 0 aromatic carbocycles. The van der Waals surface area contributed by atoms with Gasteiger partial charge in [-0.25, -0.2) is 4.99 Å². The van der Waals surface area contributed by atoms with Crippen LogP contribution in [-0.4, -0.2) is 34.2 Å². The molecule has 0 saturated heterocycles. The molecule has 0 fully saturated rings. The van der Waals surface area contributed by atoms with Gasteiger partial charge in [0.1, 0.15) is 0 Å². The molecule has 14 heavy (non-hydrogen) atoms. The molecule has 0 spiro atoms. The van der Waals surface area contributed by atoms with Crippen LogP contribution in [-0.2, 0) is 4.79 Å². The van der Waals surface area contributed by atoms with Crippen molar-refractivity contribution in [2.24, 2.45) is 4.99 Å². The van der Waals surface area contributed by atoms with E-state index in [1.165, 1.54) is 6.19 Å². The molecule has 0 bridgehead atoms. The Kier molecular flexibility index (Phi) is 2.59. The number of aliphatic hydroxyl groups is 1. The number of nitriles is 1. The maximum absolute atomic E-state index is 11.0. The molecule has 0 aromatic heterocycles. The maximum Gasteiger partial charge on any atom is 0.335 e. The normalized spacial score (nSPS) is 25.7. The molecule has 9 nitrogen and oxygen atoms in total. The molecule has 1 rings (SSSR count). The van der Waals surface area contributed by atoms with Crippen LogP contribution in [0.25, 0.3) is 0 Å². The molecule has 2 atom stereocenters. The molecule has 0 aromatic rings. The van der Waals surface area contributed by atoms with E-state index in [0.29, 0.717) is 0 Å². The lowest BCUT2D eigenvalue weighted by Crippen LogP contribution is -2.55. The molecule has 2 unspecified atom stereocenters. The van der Waals surface area contributed by atoms with Crippen molar-refractivity contribution in [3.63, 3.8) is 0 Å². The van der Waals surface area contributed by atoms with E-state index < -0.39 is 23.1 Å². The Morgan fingerprint density at radius 3 is 2.86 bits per heavy atom. The zero-order chi connectivity index (χ0) is 10.7. The fraction of sp³-hybridized carbons (Fsp3) is 0.400. The zero-order valence-electron chi connectivity index (χ0n) is 6.67. The van der Waals surface area contributed by atoms with E-state index in [1.807, 2.05) is 10.6 Å². The van der Waals surface area contributed by atoms with E-state index in [4.69, 9.17) is 10.4 Å². The van der Waals surface area contributed by atoms with Crippen molar-refractivity contribution in [1.29, 1.82) is 5.26 Å². The molecule has 0 aliphatic carbocycles. The fourth-order valence-electron chi connectivity index (χ4n) is 0.882. The minimum Gasteiger partial charge on any atom is -0.366 e. The number of hydrogen-bond acceptors (Lipinski definition) is 7. The summed E-state index contributed by atoms with van der Waals surface area (Å²) in [6.45, 7) is 0. The SMILES string of the molecule is N#CNC1=NC(O)C([N+](=O)[O-])C(=O)N1. The van der Waals surface area contributed by atoms with Crippen molar-refractivity contribution in [2.45, 2.75) is 12.3 Å². The predicted molar refractivity (Wildman–Crippen MR) is 41.1 cm³/mol. The van der Waals surface area contributed by atoms with E-state index in [2.05, 4.69) is 4.99 Å². The largest absolute Gasteiger partial charge is 0.366 e. The Morgan fingerprint density at radius 2 is 2.43 bits per heavy atom. The molecular formula is C5H5N5O4. The maximum atomic E-state index is 11.0. The van der Waals surface area contributed by atoms with E-state index >= 15 is 0 Å². The van der Waals surface area contributed by atoms with Gasteiger partial charge in [0.05, 0.1) is 0 Å². The average Bonchev–Trinajstić information content (AvgIpc) is 2.01. The third kappa shape index (κ3) is 1.75. The summed E-state index contributed by atoms with van der Waals surface area (Å²) >= 11 is 0. The number of carbonyl (C=O) groups excluding carboxylic acids is 1. The number of rotatable bonds is 1. The van der Waals surface area contributed by atoms with E-state index in [-0.39, 0.29) is 5.96 Å². The first kappa shape index (κ1) is 9.87. The second kappa shape index (κ2) is 3.67. The van der Waals surface area contributed by atoms with Crippen LogP contribution in [0.2, 0.25) is 0 Å². The van der Waals surface area contributed by atoms with Crippen LogP contribution in [0.1, 0.15) is 0 Å². The van der Waals surface area contributed by atoms with Crippen LogP contribution in [0.4, 0.5) is 0 Å². The standard InChI is InChI=1S/C5H5N5O4/c6-1-7-5-8-3(11)2(10(13)14)4(12)9-5/h2-3,11H,(H2,7,8,9,12). The number of aliphatic hydroxyl groups excluding tert-OH is 1. The highest BCUT2D eigenvalue weighted by Crippen LogP contribution is 2.04. The molecule has 74 valence electrons. The second-order valence-corrected chi connectivity index (χ2v) is 2.35. The van der Waals surface area contributed by atoms with Gasteiger partial charge in [-0.2, -0.15) is 5.26 Å². The molecule has 1 aliphatic rings. The summed E-state index contributed by atoms with van der Waals surface area (Å²) in [5, 5.41) is 31.4. The van der Waals surface area contributed by atoms with Gasteiger partial charge in [0, 0.05) is 4.92 Å². The van der Waals surface area contributed by atoms with Gasteiger partial charge in [-0.05, 0) is 0 Å². The quantitative estimate of drug-likeness (QED) is 0.184. The lowest BCUT2D eigenvalue weighted by Gasteiger charge is -2.18. The second-order valence-electron chi connectivity index (χ2n) is 2.35. The van der Waals surface area contributed by atoms with Gasteiger partial charge in [0.2, 0.25) is 12.2 Å². The summed E-state index contributed by atoms with van der Waals surface area (Å²) in [7, 11) is 0. The van der Waals surface area contributed by atoms with Gasteiger partial charge in [-0.1, -0.05) is 0 Å². The minimum atomic E-state index is -1.83. The fourth-order valence-corrected chi connectivity index (χ4v) is 0.882. The molecule has 3 N–H and O–H groups in total. The average molecular weight is 199 g/mol. The van der Waals surface area contributed by atoms with Gasteiger partial charge in [0.15, 0.2) is 6.19 Å². The van der Waals surface area contributed by atoms with E-state index in [9.17, 15) is 14.9 Å². The van der Waals surface area contributed by atoms with Crippen molar-refractivity contribution in [3.8, 4) is 6.19 Å². The van der Waals surface area contributed by atoms with Crippen molar-refractivity contribution in [1.82, 2.24) is 10.6 Å². The number of carbonyl (C=O) groups is 1. The van der Waals surface area contributed by atoms with Crippen molar-refractivity contribution >= 4 is 11.9 Å². The molecule has 1 heterocycles. The smallest absolute Gasteiger partial charge is 0.335 e. The van der Waals surface area contributed by atoms with Gasteiger partial charge < -0.3 is 5.11 Å². The van der Waals surface area contributed by atoms with Crippen LogP contribution in [0.3, 0.4) is 0 Å². The lowest BCUT2D eigenvalue weighted by molar-refractivity contribution is -0.519. The Bertz CT molecular complexity index is 345. The lowest BCUT2D eigenvalue weighted by atomic mass is 10.2. The minimum absolute atomic E-state index is 0.303. The molecule has 9 heteroatoms. The Morgan fingerprint density at radius 1 is 1.79 bits per heavy atom. The third-order valence-corrected chi connectivity index (χ3v) is 1.46. The number of aliphatic imine (C=N–C) groups is 1. The number of amides is 1. The van der Waals surface area contributed by atoms with Crippen molar-refractivity contribution in [2.75, 3.05) is 0 Å². The molecule has 0 radical (unpaired) electrons. The highest BCUT2D eigenvalue weighted by molar-refractivity contribution is 6.01. The number of hydrogen-bond donors (Lipinski definition) is 3. The van der Waals surface area contributed by atoms with Crippen LogP contribution in [0.5, 0.6) is 0 Å². The monoisotopic (exact) mass is 199 g/mol. The summed E-state index contributed by atoms with van der Waals surface area (Å²) in [6, 6.07) is -1.83. The summed E-state index contributed by atoms with van der Waals surface area (Å²) in [5.74, 6) is -1.32. The van der Waals surface area contributed by atoms with Gasteiger partial charge >= 0.3 is 11.9 Å². The number of nitrogens with one attached hydrogen (secondary N) is 2. The molecule has 0 saturated carbocycles. The van der Waals surface area contributed by atoms with Gasteiger partial charge in [-0.3, -0.25) is 25.5 Å². The Labute approximate surface area is 77.2 Å². The highest BCUT2D eigenvalue weighted by Gasteiger charge is 2.41. The van der Waals surface area contributed by atoms with Crippen LogP contribution in [0.15, 0.2) is 4.99 Å². The molecule has 1 aliphatic heterocycles. The molecule has 1 amide bonds. The third-order valence-electron chi connectivity index (χ3n) is 1.46. The zero-order valence-corrected chi connectivity index (χ0v) is 6.67. The van der Waals surface area contributed by atoms with Crippen molar-refractivity contribution in [3.05, 3.63) is 10.1 Å². The first-order valence-corrected chi connectivity index (χ1v) is 3.41. The first-order chi connectivity index (χ1) is 6.56. The summed E-state index contributed by atoms with van der Waals surface area (Å²) in [5.41, 5.74) is 0. The van der Waals surface area contributed by atoms with E-state index in [1.54, 1.807) is 0 Å². The van der Waals surface area contributed by atoms with Gasteiger partial charge in [0.25, 0.3) is 0 Å². The summed E-state index contributed by atoms with van der Waals surface area (Å²) in [6.07, 6.45) is -0.337. The summed E-state index contributed by atoms with van der Waals surface area (Å²) in [4.78, 5) is 23.6. The molecular weight excluding hydrogens is 194 g/mol.